The number of benzene rings is 1. The van der Waals surface area contributed by atoms with Crippen molar-refractivity contribution in [3.63, 3.8) is 0 Å². The van der Waals surface area contributed by atoms with Crippen molar-refractivity contribution in [2.45, 2.75) is 13.5 Å². The van der Waals surface area contributed by atoms with Crippen LogP contribution >= 0.6 is 0 Å². The Morgan fingerprint density at radius 3 is 2.77 bits per heavy atom. The van der Waals surface area contributed by atoms with E-state index in [2.05, 4.69) is 10.3 Å². The number of nitrogens with zero attached hydrogens (tertiary/aromatic N) is 1. The lowest BCUT2D eigenvalue weighted by Gasteiger charge is -2.05. The van der Waals surface area contributed by atoms with Gasteiger partial charge in [-0.25, -0.2) is 0 Å². The summed E-state index contributed by atoms with van der Waals surface area (Å²) < 4.78 is 11.2. The van der Waals surface area contributed by atoms with Gasteiger partial charge in [-0.2, -0.15) is 0 Å². The number of anilines is 1. The zero-order valence-corrected chi connectivity index (χ0v) is 12.2. The molecule has 5 nitrogen and oxygen atoms in total. The summed E-state index contributed by atoms with van der Waals surface area (Å²) in [4.78, 5) is 16.4. The highest BCUT2D eigenvalue weighted by Gasteiger charge is 2.20. The van der Waals surface area contributed by atoms with Gasteiger partial charge in [-0.1, -0.05) is 18.2 Å². The van der Waals surface area contributed by atoms with Crippen LogP contribution in [0, 0.1) is 0 Å². The van der Waals surface area contributed by atoms with Gasteiger partial charge < -0.3 is 14.5 Å². The Morgan fingerprint density at radius 1 is 1.23 bits per heavy atom. The van der Waals surface area contributed by atoms with E-state index in [1.807, 2.05) is 31.2 Å². The van der Waals surface area contributed by atoms with Gasteiger partial charge in [-0.15, -0.1) is 0 Å². The smallest absolute Gasteiger partial charge is 0.291 e. The number of carbonyl (C=O) groups excluding carboxylic acids is 1. The Labute approximate surface area is 127 Å². The van der Waals surface area contributed by atoms with Gasteiger partial charge in [0.1, 0.15) is 5.58 Å². The van der Waals surface area contributed by atoms with E-state index in [4.69, 9.17) is 9.15 Å². The fourth-order valence-corrected chi connectivity index (χ4v) is 2.25. The molecule has 0 radical (unpaired) electrons. The average molecular weight is 296 g/mol. The van der Waals surface area contributed by atoms with Crippen LogP contribution in [0.25, 0.3) is 11.0 Å². The zero-order valence-electron chi connectivity index (χ0n) is 12.2. The van der Waals surface area contributed by atoms with E-state index in [1.165, 1.54) is 0 Å². The second kappa shape index (κ2) is 6.41. The molecule has 0 aliphatic rings. The summed E-state index contributed by atoms with van der Waals surface area (Å²) in [6, 6.07) is 11.0. The van der Waals surface area contributed by atoms with Crippen LogP contribution in [0.1, 0.15) is 23.0 Å². The van der Waals surface area contributed by atoms with Crippen molar-refractivity contribution in [1.82, 2.24) is 4.98 Å². The molecule has 3 aromatic rings. The van der Waals surface area contributed by atoms with Crippen molar-refractivity contribution < 1.29 is 13.9 Å². The molecule has 0 saturated carbocycles. The van der Waals surface area contributed by atoms with Crippen molar-refractivity contribution in [1.29, 1.82) is 0 Å². The predicted molar refractivity (Wildman–Crippen MR) is 83.7 cm³/mol. The maximum atomic E-state index is 12.5. The Morgan fingerprint density at radius 2 is 2.00 bits per heavy atom. The molecular weight excluding hydrogens is 280 g/mol. The molecule has 2 heterocycles. The lowest BCUT2D eigenvalue weighted by Crippen LogP contribution is -2.13. The van der Waals surface area contributed by atoms with Gasteiger partial charge in [0.15, 0.2) is 5.76 Å². The molecular formula is C17H16N2O3. The van der Waals surface area contributed by atoms with Gasteiger partial charge in [0, 0.05) is 35.6 Å². The molecule has 2 aromatic heterocycles. The number of pyridine rings is 1. The van der Waals surface area contributed by atoms with E-state index in [-0.39, 0.29) is 11.7 Å². The number of aromatic nitrogens is 1. The Bertz CT molecular complexity index is 781. The van der Waals surface area contributed by atoms with E-state index in [0.29, 0.717) is 24.5 Å². The van der Waals surface area contributed by atoms with Crippen molar-refractivity contribution >= 4 is 22.6 Å². The monoisotopic (exact) mass is 296 g/mol. The number of para-hydroxylation sites is 1. The number of fused-ring (bicyclic) bond motifs is 1. The molecule has 0 unspecified atom stereocenters. The molecule has 1 aromatic carbocycles. The maximum Gasteiger partial charge on any atom is 0.291 e. The Hall–Kier alpha value is -2.66. The number of amides is 1. The molecule has 112 valence electrons. The molecule has 1 N–H and O–H groups in total. The fraction of sp³-hybridized carbons (Fsp3) is 0.176. The predicted octanol–water partition coefficient (Wildman–Crippen LogP) is 3.62. The first-order chi connectivity index (χ1) is 10.8. The van der Waals surface area contributed by atoms with Crippen LogP contribution in [0.15, 0.2) is 53.2 Å². The van der Waals surface area contributed by atoms with Crippen LogP contribution in [0.5, 0.6) is 0 Å². The van der Waals surface area contributed by atoms with Crippen molar-refractivity contribution in [3.8, 4) is 0 Å². The quantitative estimate of drug-likeness (QED) is 0.781. The molecule has 0 atom stereocenters. The summed E-state index contributed by atoms with van der Waals surface area (Å²) in [6.07, 6.45) is 3.24. The lowest BCUT2D eigenvalue weighted by atomic mass is 10.1. The normalized spacial score (nSPS) is 10.8. The van der Waals surface area contributed by atoms with Crippen LogP contribution in [-0.2, 0) is 11.3 Å². The Balaban J connectivity index is 1.96. The summed E-state index contributed by atoms with van der Waals surface area (Å²) >= 11 is 0. The molecule has 0 spiro atoms. The molecule has 3 rings (SSSR count). The molecule has 0 fully saturated rings. The van der Waals surface area contributed by atoms with Gasteiger partial charge in [0.25, 0.3) is 5.91 Å². The minimum absolute atomic E-state index is 0.284. The third kappa shape index (κ3) is 2.84. The topological polar surface area (TPSA) is 64.4 Å². The fourth-order valence-electron chi connectivity index (χ4n) is 2.25. The summed E-state index contributed by atoms with van der Waals surface area (Å²) in [5.74, 6) is -0.0106. The highest BCUT2D eigenvalue weighted by Crippen LogP contribution is 2.27. The highest BCUT2D eigenvalue weighted by atomic mass is 16.5. The van der Waals surface area contributed by atoms with E-state index in [0.717, 1.165) is 10.9 Å². The van der Waals surface area contributed by atoms with Gasteiger partial charge in [0.05, 0.1) is 6.61 Å². The van der Waals surface area contributed by atoms with Crippen LogP contribution < -0.4 is 5.32 Å². The van der Waals surface area contributed by atoms with Gasteiger partial charge in [0.2, 0.25) is 0 Å². The first-order valence-electron chi connectivity index (χ1n) is 7.09. The molecule has 22 heavy (non-hydrogen) atoms. The largest absolute Gasteiger partial charge is 0.451 e. The van der Waals surface area contributed by atoms with Crippen molar-refractivity contribution in [2.24, 2.45) is 0 Å². The molecule has 0 bridgehead atoms. The number of ether oxygens (including phenoxy) is 1. The summed E-state index contributed by atoms with van der Waals surface area (Å²) in [5.41, 5.74) is 2.11. The van der Waals surface area contributed by atoms with Crippen LogP contribution in [0.2, 0.25) is 0 Å². The van der Waals surface area contributed by atoms with E-state index in [9.17, 15) is 4.79 Å². The molecule has 0 saturated heterocycles. The van der Waals surface area contributed by atoms with Crippen LogP contribution in [0.3, 0.4) is 0 Å². The Kier molecular flexibility index (Phi) is 4.16. The summed E-state index contributed by atoms with van der Waals surface area (Å²) in [7, 11) is 0. The number of hydrogen-bond acceptors (Lipinski definition) is 4. The SMILES string of the molecule is CCOCc1c(C(=O)Nc2ccncc2)oc2ccccc12. The third-order valence-corrected chi connectivity index (χ3v) is 3.29. The van der Waals surface area contributed by atoms with E-state index in [1.54, 1.807) is 24.5 Å². The average Bonchev–Trinajstić information content (AvgIpc) is 2.92. The first kappa shape index (κ1) is 14.3. The number of hydrogen-bond donors (Lipinski definition) is 1. The second-order valence-electron chi connectivity index (χ2n) is 4.73. The molecule has 5 heteroatoms. The van der Waals surface area contributed by atoms with Gasteiger partial charge >= 0.3 is 0 Å². The second-order valence-corrected chi connectivity index (χ2v) is 4.73. The molecule has 1 amide bonds. The number of furan rings is 1. The standard InChI is InChI=1S/C17H16N2O3/c1-2-21-11-14-13-5-3-4-6-15(13)22-16(14)17(20)19-12-7-9-18-10-8-12/h3-10H,2,11H2,1H3,(H,18,19,20). The van der Waals surface area contributed by atoms with Crippen LogP contribution in [0.4, 0.5) is 5.69 Å². The summed E-state index contributed by atoms with van der Waals surface area (Å²) in [5, 5.41) is 3.71. The zero-order chi connectivity index (χ0) is 15.4. The highest BCUT2D eigenvalue weighted by molar-refractivity contribution is 6.06. The number of rotatable bonds is 5. The summed E-state index contributed by atoms with van der Waals surface area (Å²) in [6.45, 7) is 2.83. The van der Waals surface area contributed by atoms with Gasteiger partial charge in [-0.3, -0.25) is 9.78 Å². The van der Waals surface area contributed by atoms with Crippen LogP contribution in [-0.4, -0.2) is 17.5 Å². The minimum Gasteiger partial charge on any atom is -0.451 e. The van der Waals surface area contributed by atoms with Gasteiger partial charge in [-0.05, 0) is 25.1 Å². The molecule has 0 aliphatic carbocycles. The van der Waals surface area contributed by atoms with E-state index >= 15 is 0 Å². The van der Waals surface area contributed by atoms with Crippen molar-refractivity contribution in [3.05, 3.63) is 60.1 Å². The molecule has 0 aliphatic heterocycles. The number of nitrogens with one attached hydrogen (secondary N) is 1. The van der Waals surface area contributed by atoms with E-state index < -0.39 is 0 Å². The third-order valence-electron chi connectivity index (χ3n) is 3.29. The first-order valence-corrected chi connectivity index (χ1v) is 7.09. The van der Waals surface area contributed by atoms with Crippen molar-refractivity contribution in [2.75, 3.05) is 11.9 Å². The minimum atomic E-state index is -0.294. The lowest BCUT2D eigenvalue weighted by molar-refractivity contribution is 0.0984. The maximum absolute atomic E-state index is 12.5. The number of carbonyl (C=O) groups is 1.